The first kappa shape index (κ1) is 27.4. The lowest BCUT2D eigenvalue weighted by Crippen LogP contribution is -2.31. The summed E-state index contributed by atoms with van der Waals surface area (Å²) in [5.74, 6) is 0.0545. The maximum absolute atomic E-state index is 12.6. The maximum atomic E-state index is 12.6. The van der Waals surface area contributed by atoms with Crippen LogP contribution in [0.3, 0.4) is 0 Å². The number of fused-ring (bicyclic) bond motifs is 1. The monoisotopic (exact) mass is 530 g/mol. The number of benzene rings is 2. The standard InChI is InChI=1S/C24H32Cl2N2O5S/c1-3-31-10-11-33-13-12-32-9-8-27-34(29,30)20-6-4-18(5-7-20)22-16-28(2)17-23-21(22)14-19(25)15-24(23)26/h4-7,14-15,22,27H,3,8-13,16-17H2,1-2H3/t22-/m1/s1. The van der Waals surface area contributed by atoms with E-state index in [9.17, 15) is 8.42 Å². The lowest BCUT2D eigenvalue weighted by atomic mass is 9.85. The number of nitrogens with zero attached hydrogens (tertiary/aromatic N) is 1. The van der Waals surface area contributed by atoms with Gasteiger partial charge in [-0.15, -0.1) is 0 Å². The number of halogens is 2. The SMILES string of the molecule is CCOCCOCCOCCNS(=O)(=O)c1ccc([C@H]2CN(C)Cc3c(Cl)cc(Cl)cc32)cc1. The van der Waals surface area contributed by atoms with Gasteiger partial charge in [-0.2, -0.15) is 0 Å². The Bertz CT molecular complexity index is 1030. The van der Waals surface area contributed by atoms with Gasteiger partial charge in [0, 0.05) is 42.2 Å². The lowest BCUT2D eigenvalue weighted by Gasteiger charge is -2.33. The first-order valence-corrected chi connectivity index (χ1v) is 13.5. The quantitative estimate of drug-likeness (QED) is 0.395. The van der Waals surface area contributed by atoms with Crippen molar-refractivity contribution in [2.24, 2.45) is 0 Å². The number of sulfonamides is 1. The molecule has 0 amide bonds. The molecule has 0 unspecified atom stereocenters. The molecule has 1 aliphatic rings. The van der Waals surface area contributed by atoms with E-state index < -0.39 is 10.0 Å². The second-order valence-corrected chi connectivity index (χ2v) is 10.7. The van der Waals surface area contributed by atoms with Crippen molar-refractivity contribution in [3.05, 3.63) is 63.1 Å². The van der Waals surface area contributed by atoms with Crippen LogP contribution in [-0.2, 0) is 30.8 Å². The average molecular weight is 532 g/mol. The molecule has 0 fully saturated rings. The van der Waals surface area contributed by atoms with Crippen molar-refractivity contribution in [2.45, 2.75) is 24.3 Å². The summed E-state index contributed by atoms with van der Waals surface area (Å²) in [6, 6.07) is 10.7. The number of hydrogen-bond acceptors (Lipinski definition) is 6. The van der Waals surface area contributed by atoms with Crippen LogP contribution in [0.5, 0.6) is 0 Å². The summed E-state index contributed by atoms with van der Waals surface area (Å²) in [7, 11) is -1.59. The van der Waals surface area contributed by atoms with Crippen molar-refractivity contribution in [1.29, 1.82) is 0 Å². The molecule has 0 radical (unpaired) electrons. The second-order valence-electron chi connectivity index (χ2n) is 8.09. The van der Waals surface area contributed by atoms with Crippen molar-refractivity contribution in [2.75, 3.05) is 59.8 Å². The molecule has 0 saturated carbocycles. The van der Waals surface area contributed by atoms with Crippen molar-refractivity contribution < 1.29 is 22.6 Å². The van der Waals surface area contributed by atoms with Crippen LogP contribution in [0.2, 0.25) is 10.0 Å². The maximum Gasteiger partial charge on any atom is 0.240 e. The van der Waals surface area contributed by atoms with E-state index in [0.29, 0.717) is 43.1 Å². The summed E-state index contributed by atoms with van der Waals surface area (Å²) in [5.41, 5.74) is 3.16. The third-order valence-corrected chi connectivity index (χ3v) is 7.60. The molecule has 1 atom stereocenters. The van der Waals surface area contributed by atoms with Gasteiger partial charge < -0.3 is 19.1 Å². The van der Waals surface area contributed by atoms with E-state index in [0.717, 1.165) is 29.8 Å². The van der Waals surface area contributed by atoms with Gasteiger partial charge in [-0.25, -0.2) is 13.1 Å². The summed E-state index contributed by atoms with van der Waals surface area (Å²) < 4.78 is 43.8. The number of likely N-dealkylation sites (N-methyl/N-ethyl adjacent to an activating group) is 1. The first-order valence-electron chi connectivity index (χ1n) is 11.3. The van der Waals surface area contributed by atoms with Crippen LogP contribution in [0.15, 0.2) is 41.3 Å². The molecule has 3 rings (SSSR count). The first-order chi connectivity index (χ1) is 16.3. The van der Waals surface area contributed by atoms with E-state index in [1.54, 1.807) is 18.2 Å². The molecular formula is C24H32Cl2N2O5S. The molecule has 0 saturated heterocycles. The van der Waals surface area contributed by atoms with Crippen molar-refractivity contribution in [3.63, 3.8) is 0 Å². The zero-order valence-electron chi connectivity index (χ0n) is 19.6. The van der Waals surface area contributed by atoms with Crippen LogP contribution in [0.4, 0.5) is 0 Å². The van der Waals surface area contributed by atoms with Crippen LogP contribution in [-0.4, -0.2) is 73.1 Å². The van der Waals surface area contributed by atoms with Crippen molar-refractivity contribution >= 4 is 33.2 Å². The summed E-state index contributed by atoms with van der Waals surface area (Å²) in [5, 5.41) is 1.25. The van der Waals surface area contributed by atoms with Crippen LogP contribution in [0.1, 0.15) is 29.5 Å². The fourth-order valence-electron chi connectivity index (χ4n) is 3.93. The fourth-order valence-corrected chi connectivity index (χ4v) is 5.51. The van der Waals surface area contributed by atoms with Crippen LogP contribution < -0.4 is 4.72 Å². The molecule has 7 nitrogen and oxygen atoms in total. The highest BCUT2D eigenvalue weighted by molar-refractivity contribution is 7.89. The fraction of sp³-hybridized carbons (Fsp3) is 0.500. The van der Waals surface area contributed by atoms with Gasteiger partial charge in [0.05, 0.1) is 37.9 Å². The summed E-state index contributed by atoms with van der Waals surface area (Å²) in [6.45, 7) is 6.49. The largest absolute Gasteiger partial charge is 0.379 e. The third-order valence-electron chi connectivity index (χ3n) is 5.57. The van der Waals surface area contributed by atoms with Gasteiger partial charge in [0.15, 0.2) is 0 Å². The van der Waals surface area contributed by atoms with Gasteiger partial charge in [0.2, 0.25) is 10.0 Å². The zero-order chi connectivity index (χ0) is 24.6. The molecule has 2 aromatic carbocycles. The van der Waals surface area contributed by atoms with E-state index in [4.69, 9.17) is 37.4 Å². The van der Waals surface area contributed by atoms with E-state index in [2.05, 4.69) is 9.62 Å². The molecule has 0 aliphatic carbocycles. The Morgan fingerprint density at radius 1 is 1.00 bits per heavy atom. The highest BCUT2D eigenvalue weighted by atomic mass is 35.5. The van der Waals surface area contributed by atoms with Crippen molar-refractivity contribution in [1.82, 2.24) is 9.62 Å². The summed E-state index contributed by atoms with van der Waals surface area (Å²) >= 11 is 12.7. The van der Waals surface area contributed by atoms with E-state index in [1.165, 1.54) is 0 Å². The Morgan fingerprint density at radius 2 is 1.65 bits per heavy atom. The third kappa shape index (κ3) is 7.63. The van der Waals surface area contributed by atoms with E-state index >= 15 is 0 Å². The minimum Gasteiger partial charge on any atom is -0.379 e. The molecule has 10 heteroatoms. The second kappa shape index (κ2) is 13.2. The molecule has 0 bridgehead atoms. The predicted octanol–water partition coefficient (Wildman–Crippen LogP) is 3.92. The van der Waals surface area contributed by atoms with Gasteiger partial charge >= 0.3 is 0 Å². The Labute approximate surface area is 212 Å². The normalized spacial score (nSPS) is 16.5. The van der Waals surface area contributed by atoms with Crippen LogP contribution in [0, 0.1) is 0 Å². The van der Waals surface area contributed by atoms with Crippen LogP contribution >= 0.6 is 23.2 Å². The number of hydrogen-bond donors (Lipinski definition) is 1. The number of ether oxygens (including phenoxy) is 3. The lowest BCUT2D eigenvalue weighted by molar-refractivity contribution is 0.0181. The highest BCUT2D eigenvalue weighted by Crippen LogP contribution is 2.38. The highest BCUT2D eigenvalue weighted by Gasteiger charge is 2.27. The summed E-state index contributed by atoms with van der Waals surface area (Å²) in [6.07, 6.45) is 0. The topological polar surface area (TPSA) is 77.1 Å². The number of rotatable bonds is 13. The molecule has 1 N–H and O–H groups in total. The van der Waals surface area contributed by atoms with Gasteiger partial charge in [-0.1, -0.05) is 35.3 Å². The Morgan fingerprint density at radius 3 is 2.32 bits per heavy atom. The van der Waals surface area contributed by atoms with Gasteiger partial charge in [-0.05, 0) is 54.9 Å². The van der Waals surface area contributed by atoms with Crippen LogP contribution in [0.25, 0.3) is 0 Å². The number of nitrogens with one attached hydrogen (secondary N) is 1. The molecule has 34 heavy (non-hydrogen) atoms. The molecule has 1 heterocycles. The zero-order valence-corrected chi connectivity index (χ0v) is 21.9. The summed E-state index contributed by atoms with van der Waals surface area (Å²) in [4.78, 5) is 2.41. The van der Waals surface area contributed by atoms with E-state index in [-0.39, 0.29) is 24.0 Å². The average Bonchev–Trinajstić information content (AvgIpc) is 2.80. The van der Waals surface area contributed by atoms with Gasteiger partial charge in [-0.3, -0.25) is 0 Å². The Kier molecular flexibility index (Phi) is 10.6. The predicted molar refractivity (Wildman–Crippen MR) is 134 cm³/mol. The molecule has 2 aromatic rings. The molecule has 0 spiro atoms. The minimum absolute atomic E-state index is 0.0545. The van der Waals surface area contributed by atoms with Gasteiger partial charge in [0.1, 0.15) is 0 Å². The Hall–Kier alpha value is -1.23. The molecular weight excluding hydrogens is 499 g/mol. The minimum atomic E-state index is -3.63. The van der Waals surface area contributed by atoms with Gasteiger partial charge in [0.25, 0.3) is 0 Å². The Balaban J connectivity index is 1.53. The van der Waals surface area contributed by atoms with E-state index in [1.807, 2.05) is 32.2 Å². The van der Waals surface area contributed by atoms with Crippen molar-refractivity contribution in [3.8, 4) is 0 Å². The molecule has 188 valence electrons. The molecule has 1 aliphatic heterocycles. The molecule has 0 aromatic heterocycles. The smallest absolute Gasteiger partial charge is 0.240 e.